The summed E-state index contributed by atoms with van der Waals surface area (Å²) in [5.41, 5.74) is 0.411. The van der Waals surface area contributed by atoms with Gasteiger partial charge in [-0.15, -0.1) is 0 Å². The number of hydrogen-bond donors (Lipinski definition) is 1. The Hall–Kier alpha value is -1.28. The van der Waals surface area contributed by atoms with Gasteiger partial charge in [0.05, 0.1) is 18.5 Å². The first-order valence-electron chi connectivity index (χ1n) is 6.73. The van der Waals surface area contributed by atoms with Gasteiger partial charge in [0.1, 0.15) is 0 Å². The van der Waals surface area contributed by atoms with Crippen LogP contribution in [0.15, 0.2) is 42.7 Å². The van der Waals surface area contributed by atoms with Gasteiger partial charge in [0.15, 0.2) is 0 Å². The molecule has 0 amide bonds. The maximum Gasteiger partial charge on any atom is 0.0845 e. The van der Waals surface area contributed by atoms with Crippen LogP contribution in [0, 0.1) is 0 Å². The molecule has 0 bridgehead atoms. The van der Waals surface area contributed by atoms with E-state index in [0.29, 0.717) is 6.61 Å². The minimum atomic E-state index is -0.713. The average molecular weight is 248 g/mol. The van der Waals surface area contributed by atoms with E-state index in [-0.39, 0.29) is 5.92 Å². The van der Waals surface area contributed by atoms with Gasteiger partial charge in [-0.3, -0.25) is 0 Å². The lowest BCUT2D eigenvalue weighted by Crippen LogP contribution is -2.34. The lowest BCUT2D eigenvalue weighted by molar-refractivity contribution is 0.0171. The summed E-state index contributed by atoms with van der Waals surface area (Å²) in [6.45, 7) is 6.64. The lowest BCUT2D eigenvalue weighted by atomic mass is 9.78. The second-order valence-electron chi connectivity index (χ2n) is 4.48. The molecule has 0 saturated heterocycles. The molecule has 2 nitrogen and oxygen atoms in total. The SMILES string of the molecule is CCOC=CC(c1ccccc1)C(O)(CC)CC. The summed E-state index contributed by atoms with van der Waals surface area (Å²) in [6, 6.07) is 10.1. The molecule has 0 aromatic heterocycles. The Morgan fingerprint density at radius 1 is 1.17 bits per heavy atom. The van der Waals surface area contributed by atoms with Gasteiger partial charge in [-0.2, -0.15) is 0 Å². The van der Waals surface area contributed by atoms with E-state index >= 15 is 0 Å². The maximum atomic E-state index is 10.7. The number of rotatable bonds is 7. The van der Waals surface area contributed by atoms with Crippen LogP contribution in [0.25, 0.3) is 0 Å². The zero-order chi connectivity index (χ0) is 13.4. The van der Waals surface area contributed by atoms with Crippen molar-refractivity contribution in [1.82, 2.24) is 0 Å². The van der Waals surface area contributed by atoms with Crippen molar-refractivity contribution in [2.75, 3.05) is 6.61 Å². The van der Waals surface area contributed by atoms with Crippen LogP contribution in [-0.4, -0.2) is 17.3 Å². The smallest absolute Gasteiger partial charge is 0.0845 e. The summed E-state index contributed by atoms with van der Waals surface area (Å²) in [5, 5.41) is 10.7. The Morgan fingerprint density at radius 3 is 2.28 bits per heavy atom. The first kappa shape index (κ1) is 14.8. The van der Waals surface area contributed by atoms with Crippen molar-refractivity contribution in [3.05, 3.63) is 48.2 Å². The standard InChI is InChI=1S/C16H24O2/c1-4-16(17,5-2)15(12-13-18-6-3)14-10-8-7-9-11-14/h7-13,15,17H,4-6H2,1-3H3. The van der Waals surface area contributed by atoms with E-state index < -0.39 is 5.60 Å². The maximum absolute atomic E-state index is 10.7. The molecule has 1 aromatic rings. The van der Waals surface area contributed by atoms with Crippen molar-refractivity contribution in [2.45, 2.75) is 45.1 Å². The Kier molecular flexibility index (Phi) is 5.93. The first-order chi connectivity index (χ1) is 8.68. The number of hydrogen-bond acceptors (Lipinski definition) is 2. The Morgan fingerprint density at radius 2 is 1.78 bits per heavy atom. The van der Waals surface area contributed by atoms with Gasteiger partial charge in [0, 0.05) is 5.92 Å². The summed E-state index contributed by atoms with van der Waals surface area (Å²) in [6.07, 6.45) is 5.11. The fraction of sp³-hybridized carbons (Fsp3) is 0.500. The number of benzene rings is 1. The highest BCUT2D eigenvalue weighted by atomic mass is 16.5. The Bertz CT molecular complexity index is 353. The number of aliphatic hydroxyl groups is 1. The molecule has 0 aliphatic rings. The predicted octanol–water partition coefficient (Wildman–Crippen LogP) is 3.87. The van der Waals surface area contributed by atoms with Crippen LogP contribution in [0.1, 0.15) is 45.1 Å². The molecule has 1 N–H and O–H groups in total. The van der Waals surface area contributed by atoms with Crippen molar-refractivity contribution in [2.24, 2.45) is 0 Å². The molecule has 0 radical (unpaired) electrons. The van der Waals surface area contributed by atoms with Crippen molar-refractivity contribution in [3.63, 3.8) is 0 Å². The van der Waals surface area contributed by atoms with Gasteiger partial charge < -0.3 is 9.84 Å². The molecule has 0 saturated carbocycles. The lowest BCUT2D eigenvalue weighted by Gasteiger charge is -2.33. The van der Waals surface area contributed by atoms with Crippen molar-refractivity contribution in [3.8, 4) is 0 Å². The van der Waals surface area contributed by atoms with Crippen LogP contribution in [0.2, 0.25) is 0 Å². The van der Waals surface area contributed by atoms with Crippen LogP contribution >= 0.6 is 0 Å². The molecule has 1 rings (SSSR count). The number of ether oxygens (including phenoxy) is 1. The highest BCUT2D eigenvalue weighted by Gasteiger charge is 2.32. The van der Waals surface area contributed by atoms with Gasteiger partial charge in [-0.25, -0.2) is 0 Å². The molecule has 100 valence electrons. The summed E-state index contributed by atoms with van der Waals surface area (Å²) in [7, 11) is 0. The summed E-state index contributed by atoms with van der Waals surface area (Å²) in [4.78, 5) is 0. The monoisotopic (exact) mass is 248 g/mol. The van der Waals surface area contributed by atoms with E-state index in [1.165, 1.54) is 0 Å². The van der Waals surface area contributed by atoms with Gasteiger partial charge in [0.25, 0.3) is 0 Å². The van der Waals surface area contributed by atoms with E-state index in [1.807, 2.05) is 45.0 Å². The molecule has 1 aromatic carbocycles. The van der Waals surface area contributed by atoms with Gasteiger partial charge in [-0.1, -0.05) is 44.2 Å². The minimum absolute atomic E-state index is 0.0275. The molecule has 0 heterocycles. The molecule has 0 fully saturated rings. The van der Waals surface area contributed by atoms with E-state index in [0.717, 1.165) is 18.4 Å². The average Bonchev–Trinajstić information content (AvgIpc) is 2.44. The van der Waals surface area contributed by atoms with Crippen LogP contribution in [0.4, 0.5) is 0 Å². The van der Waals surface area contributed by atoms with Crippen LogP contribution < -0.4 is 0 Å². The fourth-order valence-electron chi connectivity index (χ4n) is 2.18. The third-order valence-electron chi connectivity index (χ3n) is 3.50. The summed E-state index contributed by atoms with van der Waals surface area (Å²) >= 11 is 0. The highest BCUT2D eigenvalue weighted by Crippen LogP contribution is 2.34. The van der Waals surface area contributed by atoms with E-state index in [4.69, 9.17) is 4.74 Å². The summed E-state index contributed by atoms with van der Waals surface area (Å²) < 4.78 is 5.28. The normalized spacial score (nSPS) is 13.8. The van der Waals surface area contributed by atoms with Gasteiger partial charge in [-0.05, 0) is 31.4 Å². The van der Waals surface area contributed by atoms with Gasteiger partial charge in [0.2, 0.25) is 0 Å². The zero-order valence-electron chi connectivity index (χ0n) is 11.6. The largest absolute Gasteiger partial charge is 0.502 e. The summed E-state index contributed by atoms with van der Waals surface area (Å²) in [5.74, 6) is -0.0275. The molecule has 1 unspecified atom stereocenters. The molecule has 1 atom stereocenters. The van der Waals surface area contributed by atoms with Gasteiger partial charge >= 0.3 is 0 Å². The minimum Gasteiger partial charge on any atom is -0.502 e. The quantitative estimate of drug-likeness (QED) is 0.742. The molecule has 0 aliphatic carbocycles. The Balaban J connectivity index is 3.02. The molecular weight excluding hydrogens is 224 g/mol. The van der Waals surface area contributed by atoms with Crippen molar-refractivity contribution in [1.29, 1.82) is 0 Å². The molecule has 2 heteroatoms. The molecule has 0 aliphatic heterocycles. The second-order valence-corrected chi connectivity index (χ2v) is 4.48. The topological polar surface area (TPSA) is 29.5 Å². The second kappa shape index (κ2) is 7.22. The molecule has 18 heavy (non-hydrogen) atoms. The van der Waals surface area contributed by atoms with Crippen LogP contribution in [0.5, 0.6) is 0 Å². The van der Waals surface area contributed by atoms with Crippen molar-refractivity contribution < 1.29 is 9.84 Å². The highest BCUT2D eigenvalue weighted by molar-refractivity contribution is 5.27. The third kappa shape index (κ3) is 3.61. The molecular formula is C16H24O2. The zero-order valence-corrected chi connectivity index (χ0v) is 11.6. The van der Waals surface area contributed by atoms with E-state index in [2.05, 4.69) is 12.1 Å². The van der Waals surface area contributed by atoms with E-state index in [1.54, 1.807) is 6.26 Å². The van der Waals surface area contributed by atoms with Crippen LogP contribution in [-0.2, 0) is 4.74 Å². The fourth-order valence-corrected chi connectivity index (χ4v) is 2.18. The predicted molar refractivity (Wildman–Crippen MR) is 75.5 cm³/mol. The first-order valence-corrected chi connectivity index (χ1v) is 6.73. The third-order valence-corrected chi connectivity index (χ3v) is 3.50. The van der Waals surface area contributed by atoms with E-state index in [9.17, 15) is 5.11 Å². The van der Waals surface area contributed by atoms with Crippen molar-refractivity contribution >= 4 is 0 Å². The van der Waals surface area contributed by atoms with Crippen LogP contribution in [0.3, 0.4) is 0 Å². The Labute approximate surface area is 110 Å². The molecule has 0 spiro atoms.